The minimum atomic E-state index is 1.20. The molecule has 0 amide bonds. The van der Waals surface area contributed by atoms with E-state index >= 15 is 0 Å². The Morgan fingerprint density at radius 1 is 0.900 bits per heavy atom. The summed E-state index contributed by atoms with van der Waals surface area (Å²) in [4.78, 5) is 0. The van der Waals surface area contributed by atoms with Crippen LogP contribution in [0.15, 0.2) is 24.4 Å². The van der Waals surface area contributed by atoms with Crippen molar-refractivity contribution >= 4 is 0 Å². The van der Waals surface area contributed by atoms with Gasteiger partial charge in [-0.05, 0) is 12.8 Å². The first-order chi connectivity index (χ1) is 9.88. The van der Waals surface area contributed by atoms with Crippen LogP contribution in [-0.2, 0) is 13.0 Å². The van der Waals surface area contributed by atoms with E-state index in [-0.39, 0.29) is 0 Å². The lowest BCUT2D eigenvalue weighted by molar-refractivity contribution is -0.704. The fourth-order valence-corrected chi connectivity index (χ4v) is 2.38. The molecule has 0 unspecified atom stereocenters. The number of unbranched alkanes of at least 4 members (excludes halogenated alkanes) is 6. The number of hydrogen-bond acceptors (Lipinski definition) is 1. The maximum absolute atomic E-state index is 6.25. The van der Waals surface area contributed by atoms with Crippen LogP contribution in [0.25, 0.3) is 0 Å². The van der Waals surface area contributed by atoms with Crippen LogP contribution in [-0.4, -0.2) is 0 Å². The molecule has 2 heteroatoms. The van der Waals surface area contributed by atoms with Crippen molar-refractivity contribution < 1.29 is 4.57 Å². The monoisotopic (exact) mass is 274 g/mol. The van der Waals surface area contributed by atoms with Crippen molar-refractivity contribution in [1.29, 1.82) is 5.26 Å². The first-order valence-electron chi connectivity index (χ1n) is 8.08. The van der Waals surface area contributed by atoms with E-state index in [2.05, 4.69) is 42.8 Å². The molecular formula is C18H30N2. The van der Waals surface area contributed by atoms with E-state index in [1.807, 2.05) is 0 Å². The number of aryl methyl sites for hydroxylation is 2. The molecule has 0 aromatic carbocycles. The Morgan fingerprint density at radius 3 is 2.25 bits per heavy atom. The van der Waals surface area contributed by atoms with Crippen molar-refractivity contribution in [1.82, 2.24) is 0 Å². The fourth-order valence-electron chi connectivity index (χ4n) is 2.38. The average molecular weight is 274 g/mol. The summed E-state index contributed by atoms with van der Waals surface area (Å²) in [6.45, 7) is 10.5. The third-order valence-corrected chi connectivity index (χ3v) is 3.57. The van der Waals surface area contributed by atoms with E-state index in [9.17, 15) is 0 Å². The zero-order chi connectivity index (χ0) is 15.1. The van der Waals surface area contributed by atoms with Crippen LogP contribution in [0.1, 0.15) is 70.9 Å². The molecule has 0 saturated heterocycles. The van der Waals surface area contributed by atoms with E-state index in [1.165, 1.54) is 70.0 Å². The number of hydrogen-bond donors (Lipinski definition) is 0. The second kappa shape index (κ2) is 14.1. The molecule has 0 aliphatic rings. The van der Waals surface area contributed by atoms with Gasteiger partial charge >= 0.3 is 0 Å². The summed E-state index contributed by atoms with van der Waals surface area (Å²) in [6.07, 6.45) is 14.3. The minimum Gasteiger partial charge on any atom is -0.512 e. The Labute approximate surface area is 125 Å². The highest BCUT2D eigenvalue weighted by Crippen LogP contribution is 2.05. The Hall–Kier alpha value is -1.36. The van der Waals surface area contributed by atoms with Gasteiger partial charge in [-0.3, -0.25) is 0 Å². The standard InChI is InChI=1S/C17H30N.CN/c1-3-5-7-8-9-11-15-18-16-12-10-14-17(18)13-6-4-2;1-2/h10,12,14,16H,3-9,11,13,15H2,1-2H3;/q+1;-1. The highest BCUT2D eigenvalue weighted by atomic mass is 14.9. The maximum atomic E-state index is 6.25. The van der Waals surface area contributed by atoms with E-state index in [0.717, 1.165) is 0 Å². The van der Waals surface area contributed by atoms with Gasteiger partial charge in [0.2, 0.25) is 0 Å². The topological polar surface area (TPSA) is 27.7 Å². The predicted molar refractivity (Wildman–Crippen MR) is 83.6 cm³/mol. The summed E-state index contributed by atoms with van der Waals surface area (Å²) >= 11 is 0. The van der Waals surface area contributed by atoms with Gasteiger partial charge in [0.25, 0.3) is 0 Å². The summed E-state index contributed by atoms with van der Waals surface area (Å²) in [5.74, 6) is 0. The quantitative estimate of drug-likeness (QED) is 0.343. The Balaban J connectivity index is 0.00000172. The van der Waals surface area contributed by atoms with Crippen LogP contribution in [0.4, 0.5) is 0 Å². The molecule has 0 bridgehead atoms. The van der Waals surface area contributed by atoms with Crippen LogP contribution in [0.3, 0.4) is 0 Å². The van der Waals surface area contributed by atoms with Gasteiger partial charge in [0.15, 0.2) is 11.9 Å². The minimum absolute atomic E-state index is 1.20. The van der Waals surface area contributed by atoms with E-state index in [4.69, 9.17) is 11.8 Å². The normalized spacial score (nSPS) is 9.80. The lowest BCUT2D eigenvalue weighted by Gasteiger charge is -2.03. The summed E-state index contributed by atoms with van der Waals surface area (Å²) in [7, 11) is 0. The van der Waals surface area contributed by atoms with Crippen LogP contribution in [0, 0.1) is 11.8 Å². The molecule has 0 aliphatic carbocycles. The molecule has 0 fully saturated rings. The summed E-state index contributed by atoms with van der Waals surface area (Å²) in [5.41, 5.74) is 1.51. The SMILES string of the molecule is CCCCCCCC[n+]1ccccc1CCCC.[C-]#N. The van der Waals surface area contributed by atoms with Gasteiger partial charge in [-0.15, -0.1) is 0 Å². The van der Waals surface area contributed by atoms with Gasteiger partial charge < -0.3 is 11.8 Å². The fraction of sp³-hybridized carbons (Fsp3) is 0.667. The molecule has 0 aliphatic heterocycles. The average Bonchev–Trinajstić information content (AvgIpc) is 2.51. The molecule has 0 saturated carbocycles. The van der Waals surface area contributed by atoms with Crippen molar-refractivity contribution in [2.24, 2.45) is 0 Å². The van der Waals surface area contributed by atoms with Crippen molar-refractivity contribution in [3.05, 3.63) is 36.7 Å². The van der Waals surface area contributed by atoms with Crippen molar-refractivity contribution in [3.8, 4) is 0 Å². The molecule has 1 aromatic rings. The molecule has 1 rings (SSSR count). The zero-order valence-electron chi connectivity index (χ0n) is 13.3. The summed E-state index contributed by atoms with van der Waals surface area (Å²) in [6, 6.07) is 6.61. The van der Waals surface area contributed by atoms with E-state index < -0.39 is 0 Å². The number of rotatable bonds is 10. The predicted octanol–water partition coefficient (Wildman–Crippen LogP) is 4.77. The summed E-state index contributed by atoms with van der Waals surface area (Å²) < 4.78 is 2.45. The lowest BCUT2D eigenvalue weighted by atomic mass is 10.1. The molecule has 0 N–H and O–H groups in total. The van der Waals surface area contributed by atoms with Gasteiger partial charge in [0.05, 0.1) is 0 Å². The second-order valence-corrected chi connectivity index (χ2v) is 5.26. The first-order valence-corrected chi connectivity index (χ1v) is 8.08. The molecule has 2 nitrogen and oxygen atoms in total. The number of aromatic nitrogens is 1. The van der Waals surface area contributed by atoms with Gasteiger partial charge in [-0.1, -0.05) is 52.0 Å². The van der Waals surface area contributed by atoms with Gasteiger partial charge in [0.1, 0.15) is 6.54 Å². The molecule has 112 valence electrons. The molecule has 20 heavy (non-hydrogen) atoms. The Morgan fingerprint density at radius 2 is 1.55 bits per heavy atom. The molecule has 1 aromatic heterocycles. The first kappa shape index (κ1) is 18.6. The highest BCUT2D eigenvalue weighted by molar-refractivity contribution is 4.97. The number of pyridine rings is 1. The zero-order valence-corrected chi connectivity index (χ0v) is 13.3. The molecular weight excluding hydrogens is 244 g/mol. The maximum Gasteiger partial charge on any atom is 0.181 e. The summed E-state index contributed by atoms with van der Waals surface area (Å²) in [5, 5.41) is 6.25. The van der Waals surface area contributed by atoms with Crippen LogP contribution in [0.2, 0.25) is 0 Å². The van der Waals surface area contributed by atoms with Gasteiger partial charge in [0, 0.05) is 25.0 Å². The van der Waals surface area contributed by atoms with Crippen molar-refractivity contribution in [2.45, 2.75) is 78.2 Å². The third kappa shape index (κ3) is 8.69. The van der Waals surface area contributed by atoms with E-state index in [0.29, 0.717) is 0 Å². The van der Waals surface area contributed by atoms with Gasteiger partial charge in [-0.2, -0.15) is 0 Å². The van der Waals surface area contributed by atoms with Crippen LogP contribution in [0.5, 0.6) is 0 Å². The van der Waals surface area contributed by atoms with Crippen LogP contribution >= 0.6 is 0 Å². The van der Waals surface area contributed by atoms with Crippen LogP contribution < -0.4 is 4.57 Å². The lowest BCUT2D eigenvalue weighted by Crippen LogP contribution is -2.37. The third-order valence-electron chi connectivity index (χ3n) is 3.57. The molecule has 0 radical (unpaired) electrons. The Bertz CT molecular complexity index is 344. The van der Waals surface area contributed by atoms with Crippen molar-refractivity contribution in [2.75, 3.05) is 0 Å². The molecule has 0 spiro atoms. The van der Waals surface area contributed by atoms with Crippen molar-refractivity contribution in [3.63, 3.8) is 0 Å². The van der Waals surface area contributed by atoms with E-state index in [1.54, 1.807) is 0 Å². The Kier molecular flexibility index (Phi) is 13.1. The molecule has 0 atom stereocenters. The van der Waals surface area contributed by atoms with Gasteiger partial charge in [-0.25, -0.2) is 4.57 Å². The highest BCUT2D eigenvalue weighted by Gasteiger charge is 2.07. The largest absolute Gasteiger partial charge is 0.512 e. The smallest absolute Gasteiger partial charge is 0.181 e. The second-order valence-electron chi connectivity index (χ2n) is 5.26. The molecule has 1 heterocycles. The number of nitrogens with zero attached hydrogens (tertiary/aromatic N) is 2.